The maximum atomic E-state index is 10.7. The zero-order valence-corrected chi connectivity index (χ0v) is 7.66. The molecule has 0 aliphatic heterocycles. The fourth-order valence-corrected chi connectivity index (χ4v) is 0.898. The minimum atomic E-state index is -1.71. The number of carbonyl (C=O) groups is 1. The fraction of sp³-hybridized carbons (Fsp3) is 0.500. The summed E-state index contributed by atoms with van der Waals surface area (Å²) in [7, 11) is -0.175. The highest BCUT2D eigenvalue weighted by atomic mass is 28.3. The molecule has 0 aliphatic rings. The summed E-state index contributed by atoms with van der Waals surface area (Å²) in [5.41, 5.74) is 0.413. The van der Waals surface area contributed by atoms with E-state index in [4.69, 9.17) is 8.85 Å². The van der Waals surface area contributed by atoms with Crippen LogP contribution < -0.4 is 0 Å². The summed E-state index contributed by atoms with van der Waals surface area (Å²) in [5.74, 6) is -0.360. The van der Waals surface area contributed by atoms with Crippen molar-refractivity contribution in [2.45, 2.75) is 13.5 Å². The molecule has 10 heavy (non-hydrogen) atoms. The summed E-state index contributed by atoms with van der Waals surface area (Å²) >= 11 is 0. The quantitative estimate of drug-likeness (QED) is 0.448. The van der Waals surface area contributed by atoms with E-state index in [1.165, 1.54) is 7.11 Å². The van der Waals surface area contributed by atoms with Crippen LogP contribution in [0, 0.1) is 0 Å². The second kappa shape index (κ2) is 4.24. The highest BCUT2D eigenvalue weighted by Gasteiger charge is 2.09. The van der Waals surface area contributed by atoms with Crippen molar-refractivity contribution in [3.8, 4) is 0 Å². The van der Waals surface area contributed by atoms with Crippen molar-refractivity contribution in [2.75, 3.05) is 7.11 Å². The van der Waals surface area contributed by atoms with Crippen molar-refractivity contribution in [2.24, 2.45) is 0 Å². The van der Waals surface area contributed by atoms with Crippen LogP contribution in [-0.4, -0.2) is 22.4 Å². The molecule has 0 N–H and O–H groups in total. The zero-order chi connectivity index (χ0) is 8.15. The number of rotatable bonds is 3. The van der Waals surface area contributed by atoms with Gasteiger partial charge in [0.15, 0.2) is 0 Å². The van der Waals surface area contributed by atoms with Gasteiger partial charge in [-0.3, -0.25) is 0 Å². The second-order valence-electron chi connectivity index (χ2n) is 1.99. The smallest absolute Gasteiger partial charge is 0.382 e. The van der Waals surface area contributed by atoms with Crippen LogP contribution in [0.5, 0.6) is 0 Å². The summed E-state index contributed by atoms with van der Waals surface area (Å²) in [6, 6.07) is 0. The van der Waals surface area contributed by atoms with Gasteiger partial charge in [-0.05, 0) is 13.5 Å². The van der Waals surface area contributed by atoms with E-state index in [1.807, 2.05) is 0 Å². The van der Waals surface area contributed by atoms with Gasteiger partial charge in [-0.15, -0.1) is 0 Å². The minimum Gasteiger partial charge on any atom is -0.493 e. The molecule has 58 valence electrons. The molecule has 1 atom stereocenters. The van der Waals surface area contributed by atoms with Gasteiger partial charge in [0.05, 0.1) is 0 Å². The second-order valence-corrected chi connectivity index (χ2v) is 3.83. The van der Waals surface area contributed by atoms with E-state index in [0.29, 0.717) is 5.57 Å². The Morgan fingerprint density at radius 3 is 2.40 bits per heavy atom. The first-order chi connectivity index (χ1) is 4.57. The molecule has 0 aliphatic carbocycles. The van der Waals surface area contributed by atoms with Crippen LogP contribution in [0.1, 0.15) is 6.92 Å². The molecule has 0 amide bonds. The number of hydrogen-bond donors (Lipinski definition) is 0. The van der Waals surface area contributed by atoms with Gasteiger partial charge in [-0.25, -0.2) is 4.79 Å². The Balaban J connectivity index is 3.68. The Labute approximate surface area is 62.5 Å². The molecule has 0 rings (SSSR count). The lowest BCUT2D eigenvalue weighted by Gasteiger charge is -2.08. The average Bonchev–Trinajstić information content (AvgIpc) is 1.87. The summed E-state index contributed by atoms with van der Waals surface area (Å²) < 4.78 is 9.66. The summed E-state index contributed by atoms with van der Waals surface area (Å²) in [5, 5.41) is 0. The van der Waals surface area contributed by atoms with Crippen LogP contribution in [-0.2, 0) is 13.6 Å². The van der Waals surface area contributed by atoms with Crippen molar-refractivity contribution >= 4 is 15.3 Å². The Kier molecular flexibility index (Phi) is 3.98. The van der Waals surface area contributed by atoms with Gasteiger partial charge in [0, 0.05) is 12.7 Å². The molecular formula is C6H12O3Si. The Hall–Kier alpha value is -0.613. The van der Waals surface area contributed by atoms with Crippen molar-refractivity contribution in [1.82, 2.24) is 0 Å². The van der Waals surface area contributed by atoms with E-state index in [9.17, 15) is 4.79 Å². The standard InChI is InChI=1S/C6H12O3Si/c1-5(2)6(7)9-10(4)8-3/h10H,1H2,2-4H3. The fourth-order valence-electron chi connectivity index (χ4n) is 0.299. The molecule has 0 aromatic heterocycles. The molecule has 0 aromatic rings. The maximum Gasteiger partial charge on any atom is 0.382 e. The normalized spacial score (nSPS) is 12.3. The van der Waals surface area contributed by atoms with Crippen LogP contribution in [0.4, 0.5) is 0 Å². The minimum absolute atomic E-state index is 0.360. The molecule has 0 aromatic carbocycles. The Bertz CT molecular complexity index is 144. The van der Waals surface area contributed by atoms with Crippen molar-refractivity contribution in [3.63, 3.8) is 0 Å². The van der Waals surface area contributed by atoms with E-state index in [2.05, 4.69) is 6.58 Å². The first-order valence-electron chi connectivity index (χ1n) is 2.97. The molecule has 0 radical (unpaired) electrons. The van der Waals surface area contributed by atoms with Gasteiger partial charge < -0.3 is 8.85 Å². The molecular weight excluding hydrogens is 148 g/mol. The lowest BCUT2D eigenvalue weighted by Crippen LogP contribution is -2.21. The van der Waals surface area contributed by atoms with Gasteiger partial charge in [0.25, 0.3) is 0 Å². The van der Waals surface area contributed by atoms with Gasteiger partial charge in [0.2, 0.25) is 0 Å². The molecule has 0 saturated carbocycles. The third-order valence-electron chi connectivity index (χ3n) is 0.953. The SMILES string of the molecule is C=C(C)C(=O)O[SiH](C)OC. The molecule has 0 spiro atoms. The van der Waals surface area contributed by atoms with Crippen LogP contribution >= 0.6 is 0 Å². The highest BCUT2D eigenvalue weighted by Crippen LogP contribution is 1.94. The van der Waals surface area contributed by atoms with Gasteiger partial charge in [-0.2, -0.15) is 0 Å². The van der Waals surface area contributed by atoms with E-state index < -0.39 is 9.28 Å². The van der Waals surface area contributed by atoms with Crippen LogP contribution in [0.2, 0.25) is 6.55 Å². The van der Waals surface area contributed by atoms with E-state index in [0.717, 1.165) is 0 Å². The van der Waals surface area contributed by atoms with Gasteiger partial charge in [0.1, 0.15) is 0 Å². The third-order valence-corrected chi connectivity index (χ3v) is 2.16. The van der Waals surface area contributed by atoms with Gasteiger partial charge in [-0.1, -0.05) is 6.58 Å². The van der Waals surface area contributed by atoms with E-state index >= 15 is 0 Å². The molecule has 0 bridgehead atoms. The molecule has 3 nitrogen and oxygen atoms in total. The first-order valence-corrected chi connectivity index (χ1v) is 5.07. The molecule has 0 saturated heterocycles. The maximum absolute atomic E-state index is 10.7. The van der Waals surface area contributed by atoms with Gasteiger partial charge >= 0.3 is 15.3 Å². The predicted octanol–water partition coefficient (Wildman–Crippen LogP) is 0.602. The molecule has 0 fully saturated rings. The Morgan fingerprint density at radius 2 is 2.10 bits per heavy atom. The van der Waals surface area contributed by atoms with E-state index in [-0.39, 0.29) is 5.97 Å². The monoisotopic (exact) mass is 160 g/mol. The van der Waals surface area contributed by atoms with Crippen molar-refractivity contribution < 1.29 is 13.6 Å². The highest BCUT2D eigenvalue weighted by molar-refractivity contribution is 6.45. The molecule has 4 heteroatoms. The summed E-state index contributed by atoms with van der Waals surface area (Å²) in [6.07, 6.45) is 0. The average molecular weight is 160 g/mol. The third kappa shape index (κ3) is 3.42. The topological polar surface area (TPSA) is 35.5 Å². The van der Waals surface area contributed by atoms with Crippen LogP contribution in [0.3, 0.4) is 0 Å². The first kappa shape index (κ1) is 9.39. The molecule has 1 unspecified atom stereocenters. The zero-order valence-electron chi connectivity index (χ0n) is 6.51. The largest absolute Gasteiger partial charge is 0.493 e. The Morgan fingerprint density at radius 1 is 1.60 bits per heavy atom. The lowest BCUT2D eigenvalue weighted by molar-refractivity contribution is -0.131. The number of hydrogen-bond acceptors (Lipinski definition) is 3. The van der Waals surface area contributed by atoms with Crippen molar-refractivity contribution in [3.05, 3.63) is 12.2 Å². The van der Waals surface area contributed by atoms with E-state index in [1.54, 1.807) is 13.5 Å². The predicted molar refractivity (Wildman–Crippen MR) is 40.9 cm³/mol. The lowest BCUT2D eigenvalue weighted by atomic mass is 10.4. The summed E-state index contributed by atoms with van der Waals surface area (Å²) in [6.45, 7) is 6.82. The molecule has 0 heterocycles. The number of carbonyl (C=O) groups excluding carboxylic acids is 1. The summed E-state index contributed by atoms with van der Waals surface area (Å²) in [4.78, 5) is 10.7. The van der Waals surface area contributed by atoms with Crippen LogP contribution in [0.25, 0.3) is 0 Å². The van der Waals surface area contributed by atoms with Crippen LogP contribution in [0.15, 0.2) is 12.2 Å². The van der Waals surface area contributed by atoms with Crippen molar-refractivity contribution in [1.29, 1.82) is 0 Å².